The van der Waals surface area contributed by atoms with E-state index in [4.69, 9.17) is 0 Å². The molecule has 0 saturated heterocycles. The Morgan fingerprint density at radius 1 is 1.12 bits per heavy atom. The molecule has 132 valence electrons. The molecule has 3 heteroatoms. The molecule has 0 saturated carbocycles. The zero-order valence-corrected chi connectivity index (χ0v) is 17.1. The molecule has 0 fully saturated rings. The molecule has 0 radical (unpaired) electrons. The van der Waals surface area contributed by atoms with E-state index >= 15 is 0 Å². The maximum absolute atomic E-state index is 12.3. The van der Waals surface area contributed by atoms with Gasteiger partial charge >= 0.3 is 0 Å². The minimum Gasteiger partial charge on any atom is -0.308 e. The van der Waals surface area contributed by atoms with E-state index in [1.807, 2.05) is 11.0 Å². The van der Waals surface area contributed by atoms with Crippen molar-refractivity contribution >= 4 is 24.9 Å². The van der Waals surface area contributed by atoms with E-state index in [1.54, 1.807) is 6.92 Å². The Hall–Kier alpha value is -1.87. The molecule has 3 rings (SSSR count). The van der Waals surface area contributed by atoms with Crippen LogP contribution in [0.1, 0.15) is 37.8 Å². The van der Waals surface area contributed by atoms with Crippen molar-refractivity contribution in [3.05, 3.63) is 47.5 Å². The number of anilines is 1. The number of aryl methyl sites for hydroxylation is 1. The number of para-hydroxylation sites is 1. The van der Waals surface area contributed by atoms with Crippen LogP contribution < -0.4 is 10.1 Å². The average Bonchev–Trinajstić information content (AvgIpc) is 2.57. The molecule has 1 aliphatic heterocycles. The maximum Gasteiger partial charge on any atom is 0.224 e. The molecule has 0 aromatic heterocycles. The fourth-order valence-corrected chi connectivity index (χ4v) is 5.54. The second kappa shape index (κ2) is 6.79. The Morgan fingerprint density at radius 3 is 2.48 bits per heavy atom. The number of carbonyl (C=O) groups excluding carboxylic acids is 1. The van der Waals surface area contributed by atoms with E-state index in [-0.39, 0.29) is 5.91 Å². The van der Waals surface area contributed by atoms with Crippen molar-refractivity contribution < 1.29 is 4.79 Å². The van der Waals surface area contributed by atoms with Crippen molar-refractivity contribution in [3.63, 3.8) is 0 Å². The Labute approximate surface area is 152 Å². The van der Waals surface area contributed by atoms with Gasteiger partial charge in [0.2, 0.25) is 5.91 Å². The largest absolute Gasteiger partial charge is 0.308 e. The fraction of sp³-hybridized carbons (Fsp3) is 0.409. The quantitative estimate of drug-likeness (QED) is 0.701. The van der Waals surface area contributed by atoms with Gasteiger partial charge in [0.05, 0.1) is 20.3 Å². The third kappa shape index (κ3) is 3.43. The van der Waals surface area contributed by atoms with Gasteiger partial charge in [0.25, 0.3) is 0 Å². The highest BCUT2D eigenvalue weighted by Crippen LogP contribution is 2.39. The van der Waals surface area contributed by atoms with Crippen LogP contribution in [0.5, 0.6) is 0 Å². The van der Waals surface area contributed by atoms with Crippen molar-refractivity contribution in [2.45, 2.75) is 59.3 Å². The topological polar surface area (TPSA) is 20.3 Å². The molecule has 25 heavy (non-hydrogen) atoms. The van der Waals surface area contributed by atoms with Crippen molar-refractivity contribution in [2.75, 3.05) is 4.90 Å². The molecule has 0 N–H and O–H groups in total. The zero-order valence-electron chi connectivity index (χ0n) is 16.1. The number of nitrogens with zero attached hydrogens (tertiary/aromatic N) is 1. The summed E-state index contributed by atoms with van der Waals surface area (Å²) in [4.78, 5) is 14.2. The fourth-order valence-electron chi connectivity index (χ4n) is 3.80. The van der Waals surface area contributed by atoms with Crippen molar-refractivity contribution in [1.82, 2.24) is 0 Å². The van der Waals surface area contributed by atoms with Crippen LogP contribution in [0, 0.1) is 0 Å². The first kappa shape index (κ1) is 17.9. The molecule has 1 amide bonds. The molecule has 0 aliphatic carbocycles. The summed E-state index contributed by atoms with van der Waals surface area (Å²) in [6.45, 7) is 11.8. The SMILES string of the molecule is CCCCc1cc2c(c([Si](C)(C)C)c1)CN(C(C)=O)c1ccccc1-2. The lowest BCUT2D eigenvalue weighted by Gasteiger charge is -2.35. The van der Waals surface area contributed by atoms with Gasteiger partial charge in [-0.05, 0) is 35.6 Å². The Kier molecular flexibility index (Phi) is 4.87. The number of amides is 1. The van der Waals surface area contributed by atoms with Gasteiger partial charge in [-0.3, -0.25) is 4.79 Å². The maximum atomic E-state index is 12.3. The van der Waals surface area contributed by atoms with Crippen LogP contribution in [0.3, 0.4) is 0 Å². The van der Waals surface area contributed by atoms with Gasteiger partial charge < -0.3 is 4.90 Å². The summed E-state index contributed by atoms with van der Waals surface area (Å²) in [5, 5.41) is 1.51. The van der Waals surface area contributed by atoms with Crippen LogP contribution in [0.25, 0.3) is 11.1 Å². The number of fused-ring (bicyclic) bond motifs is 3. The highest BCUT2D eigenvalue weighted by molar-refractivity contribution is 6.89. The van der Waals surface area contributed by atoms with Gasteiger partial charge in [-0.2, -0.15) is 0 Å². The lowest BCUT2D eigenvalue weighted by atomic mass is 9.90. The molecule has 0 atom stereocenters. The molecule has 2 nitrogen and oxygen atoms in total. The number of hydrogen-bond donors (Lipinski definition) is 0. The first-order valence-electron chi connectivity index (χ1n) is 9.36. The van der Waals surface area contributed by atoms with Crippen LogP contribution in [0.2, 0.25) is 19.6 Å². The highest BCUT2D eigenvalue weighted by Gasteiger charge is 2.30. The summed E-state index contributed by atoms with van der Waals surface area (Å²) in [7, 11) is -1.51. The third-order valence-corrected chi connectivity index (χ3v) is 7.18. The molecule has 1 aliphatic rings. The Balaban J connectivity index is 2.25. The van der Waals surface area contributed by atoms with Crippen molar-refractivity contribution in [3.8, 4) is 11.1 Å². The normalized spacial score (nSPS) is 13.4. The molecular weight excluding hydrogens is 322 g/mol. The van der Waals surface area contributed by atoms with Crippen LogP contribution in [0.4, 0.5) is 5.69 Å². The van der Waals surface area contributed by atoms with E-state index in [0.717, 1.165) is 12.1 Å². The zero-order chi connectivity index (χ0) is 18.2. The Morgan fingerprint density at radius 2 is 1.84 bits per heavy atom. The van der Waals surface area contributed by atoms with Crippen LogP contribution in [0.15, 0.2) is 36.4 Å². The molecule has 2 aromatic rings. The first-order valence-corrected chi connectivity index (χ1v) is 12.9. The van der Waals surface area contributed by atoms with Crippen LogP contribution in [-0.4, -0.2) is 14.0 Å². The number of rotatable bonds is 4. The van der Waals surface area contributed by atoms with Gasteiger partial charge in [0.1, 0.15) is 0 Å². The summed E-state index contributed by atoms with van der Waals surface area (Å²) in [5.74, 6) is 0.120. The summed E-state index contributed by atoms with van der Waals surface area (Å²) in [6.07, 6.45) is 3.58. The third-order valence-electron chi connectivity index (χ3n) is 5.12. The van der Waals surface area contributed by atoms with E-state index < -0.39 is 8.07 Å². The standard InChI is InChI=1S/C22H29NOSi/c1-6-7-10-17-13-19-18-11-8-9-12-21(18)23(16(2)24)15-20(19)22(14-17)25(3,4)5/h8-9,11-14H,6-7,10,15H2,1-5H3. The summed E-state index contributed by atoms with van der Waals surface area (Å²) < 4.78 is 0. The van der Waals surface area contributed by atoms with Crippen LogP contribution >= 0.6 is 0 Å². The van der Waals surface area contributed by atoms with Gasteiger partial charge in [-0.15, -0.1) is 0 Å². The van der Waals surface area contributed by atoms with Crippen molar-refractivity contribution in [1.29, 1.82) is 0 Å². The van der Waals surface area contributed by atoms with E-state index in [2.05, 4.69) is 56.9 Å². The lowest BCUT2D eigenvalue weighted by molar-refractivity contribution is -0.116. The number of unbranched alkanes of at least 4 members (excludes halogenated alkanes) is 1. The van der Waals surface area contributed by atoms with Gasteiger partial charge in [0.15, 0.2) is 0 Å². The molecule has 0 bridgehead atoms. The predicted octanol–water partition coefficient (Wildman–Crippen LogP) is 5.11. The molecule has 0 unspecified atom stereocenters. The molecule has 1 heterocycles. The summed E-state index contributed by atoms with van der Waals surface area (Å²) >= 11 is 0. The predicted molar refractivity (Wildman–Crippen MR) is 110 cm³/mol. The van der Waals surface area contributed by atoms with Gasteiger partial charge in [-0.1, -0.05) is 68.5 Å². The number of benzene rings is 2. The summed E-state index contributed by atoms with van der Waals surface area (Å²) in [5.41, 5.74) is 6.42. The molecular formula is C22H29NOSi. The van der Waals surface area contributed by atoms with E-state index in [1.165, 1.54) is 40.3 Å². The van der Waals surface area contributed by atoms with Gasteiger partial charge in [0, 0.05) is 12.5 Å². The Bertz CT molecular complexity index is 804. The molecule has 0 spiro atoms. The smallest absolute Gasteiger partial charge is 0.224 e. The average molecular weight is 352 g/mol. The molecule has 2 aromatic carbocycles. The van der Waals surface area contributed by atoms with Gasteiger partial charge in [-0.25, -0.2) is 0 Å². The van der Waals surface area contributed by atoms with Crippen LogP contribution in [-0.2, 0) is 17.8 Å². The summed E-state index contributed by atoms with van der Waals surface area (Å²) in [6, 6.07) is 13.2. The van der Waals surface area contributed by atoms with Crippen molar-refractivity contribution in [2.24, 2.45) is 0 Å². The van der Waals surface area contributed by atoms with E-state index in [9.17, 15) is 4.79 Å². The van der Waals surface area contributed by atoms with E-state index in [0.29, 0.717) is 6.54 Å². The monoisotopic (exact) mass is 351 g/mol. The minimum atomic E-state index is -1.51. The second-order valence-electron chi connectivity index (χ2n) is 8.15. The first-order chi connectivity index (χ1) is 11.8. The number of hydrogen-bond acceptors (Lipinski definition) is 1. The second-order valence-corrected chi connectivity index (χ2v) is 13.2. The minimum absolute atomic E-state index is 0.120. The lowest BCUT2D eigenvalue weighted by Crippen LogP contribution is -2.44. The number of carbonyl (C=O) groups is 1. The highest BCUT2D eigenvalue weighted by atomic mass is 28.3.